The van der Waals surface area contributed by atoms with Gasteiger partial charge in [-0.05, 0) is 27.2 Å². The fraction of sp³-hybridized carbons (Fsp3) is 0.750. The van der Waals surface area contributed by atoms with Crippen LogP contribution >= 0.6 is 0 Å². The van der Waals surface area contributed by atoms with Crippen molar-refractivity contribution in [2.24, 2.45) is 0 Å². The van der Waals surface area contributed by atoms with Crippen molar-refractivity contribution in [2.45, 2.75) is 59.2 Å². The summed E-state index contributed by atoms with van der Waals surface area (Å²) in [6.45, 7) is 10.7. The van der Waals surface area contributed by atoms with Crippen molar-refractivity contribution in [3.05, 3.63) is 18.0 Å². The van der Waals surface area contributed by atoms with Crippen LogP contribution in [0, 0.1) is 0 Å². The van der Waals surface area contributed by atoms with Gasteiger partial charge in [-0.1, -0.05) is 13.3 Å². The predicted molar refractivity (Wildman–Crippen MR) is 63.7 cm³/mol. The highest BCUT2D eigenvalue weighted by molar-refractivity contribution is 5.03. The molecule has 0 aromatic carbocycles. The number of nitrogens with zero attached hydrogens (tertiary/aromatic N) is 2. The van der Waals surface area contributed by atoms with Gasteiger partial charge in [0, 0.05) is 30.4 Å². The molecule has 86 valence electrons. The Bertz CT molecular complexity index is 283. The van der Waals surface area contributed by atoms with Crippen LogP contribution in [0.1, 0.15) is 46.1 Å². The summed E-state index contributed by atoms with van der Waals surface area (Å²) in [6.07, 6.45) is 6.51. The van der Waals surface area contributed by atoms with E-state index in [0.29, 0.717) is 0 Å². The van der Waals surface area contributed by atoms with Gasteiger partial charge in [0.2, 0.25) is 0 Å². The maximum Gasteiger partial charge on any atom is 0.0534 e. The first kappa shape index (κ1) is 12.2. The van der Waals surface area contributed by atoms with Crippen molar-refractivity contribution in [1.29, 1.82) is 0 Å². The number of nitrogens with one attached hydrogen (secondary N) is 1. The number of aromatic nitrogens is 2. The number of rotatable bonds is 5. The molecule has 15 heavy (non-hydrogen) atoms. The van der Waals surface area contributed by atoms with E-state index in [1.807, 2.05) is 10.9 Å². The summed E-state index contributed by atoms with van der Waals surface area (Å²) in [5, 5.41) is 7.79. The van der Waals surface area contributed by atoms with Gasteiger partial charge in [-0.25, -0.2) is 0 Å². The van der Waals surface area contributed by atoms with Crippen LogP contribution in [0.4, 0.5) is 0 Å². The van der Waals surface area contributed by atoms with E-state index in [0.717, 1.165) is 13.1 Å². The smallest absolute Gasteiger partial charge is 0.0534 e. The zero-order valence-corrected chi connectivity index (χ0v) is 10.4. The standard InChI is InChI=1S/C12H23N3/c1-5-6-7-15-10-11(9-14-15)8-13-12(2,3)4/h9-10,13H,5-8H2,1-4H3. The molecule has 1 heterocycles. The fourth-order valence-corrected chi connectivity index (χ4v) is 1.31. The van der Waals surface area contributed by atoms with E-state index < -0.39 is 0 Å². The molecule has 0 spiro atoms. The molecule has 0 radical (unpaired) electrons. The van der Waals surface area contributed by atoms with Crippen molar-refractivity contribution in [1.82, 2.24) is 15.1 Å². The van der Waals surface area contributed by atoms with E-state index in [9.17, 15) is 0 Å². The van der Waals surface area contributed by atoms with Gasteiger partial charge >= 0.3 is 0 Å². The van der Waals surface area contributed by atoms with Gasteiger partial charge in [0.05, 0.1) is 6.20 Å². The number of aryl methyl sites for hydroxylation is 1. The molecule has 3 nitrogen and oxygen atoms in total. The van der Waals surface area contributed by atoms with Crippen LogP contribution in [-0.4, -0.2) is 15.3 Å². The molecule has 1 aromatic heterocycles. The van der Waals surface area contributed by atoms with E-state index in [4.69, 9.17) is 0 Å². The highest BCUT2D eigenvalue weighted by atomic mass is 15.3. The highest BCUT2D eigenvalue weighted by Crippen LogP contribution is 2.04. The van der Waals surface area contributed by atoms with Crippen molar-refractivity contribution >= 4 is 0 Å². The average molecular weight is 209 g/mol. The molecule has 3 heteroatoms. The normalized spacial score (nSPS) is 12.0. The van der Waals surface area contributed by atoms with E-state index in [2.05, 4.69) is 44.3 Å². The van der Waals surface area contributed by atoms with Gasteiger partial charge < -0.3 is 5.32 Å². The maximum absolute atomic E-state index is 4.33. The van der Waals surface area contributed by atoms with Gasteiger partial charge in [-0.2, -0.15) is 5.10 Å². The Kier molecular flexibility index (Phi) is 4.33. The number of hydrogen-bond acceptors (Lipinski definition) is 2. The van der Waals surface area contributed by atoms with E-state index in [1.54, 1.807) is 0 Å². The molecule has 0 aliphatic heterocycles. The minimum atomic E-state index is 0.172. The Morgan fingerprint density at radius 3 is 2.73 bits per heavy atom. The zero-order valence-electron chi connectivity index (χ0n) is 10.4. The third-order valence-corrected chi connectivity index (χ3v) is 2.25. The van der Waals surface area contributed by atoms with Gasteiger partial charge in [-0.15, -0.1) is 0 Å². The summed E-state index contributed by atoms with van der Waals surface area (Å²) in [6, 6.07) is 0. The van der Waals surface area contributed by atoms with Crippen molar-refractivity contribution in [3.8, 4) is 0 Å². The summed E-state index contributed by atoms with van der Waals surface area (Å²) in [7, 11) is 0. The van der Waals surface area contributed by atoms with Crippen molar-refractivity contribution in [3.63, 3.8) is 0 Å². The Hall–Kier alpha value is -0.830. The summed E-state index contributed by atoms with van der Waals surface area (Å²) >= 11 is 0. The Morgan fingerprint density at radius 2 is 2.13 bits per heavy atom. The van der Waals surface area contributed by atoms with Crippen LogP contribution in [0.2, 0.25) is 0 Å². The maximum atomic E-state index is 4.33. The Balaban J connectivity index is 2.39. The predicted octanol–water partition coefficient (Wildman–Crippen LogP) is 2.57. The van der Waals surface area contributed by atoms with Crippen LogP contribution in [0.15, 0.2) is 12.4 Å². The first-order valence-electron chi connectivity index (χ1n) is 5.77. The molecule has 0 aliphatic carbocycles. The van der Waals surface area contributed by atoms with Gasteiger partial charge in [0.25, 0.3) is 0 Å². The Labute approximate surface area is 92.9 Å². The van der Waals surface area contributed by atoms with Gasteiger partial charge in [0.1, 0.15) is 0 Å². The summed E-state index contributed by atoms with van der Waals surface area (Å²) in [5.74, 6) is 0. The van der Waals surface area contributed by atoms with Crippen LogP contribution in [0.3, 0.4) is 0 Å². The lowest BCUT2D eigenvalue weighted by atomic mass is 10.1. The summed E-state index contributed by atoms with van der Waals surface area (Å²) in [4.78, 5) is 0. The molecule has 0 aliphatic rings. The quantitative estimate of drug-likeness (QED) is 0.807. The zero-order chi connectivity index (χ0) is 11.3. The molecule has 1 N–H and O–H groups in total. The third kappa shape index (κ3) is 4.98. The van der Waals surface area contributed by atoms with E-state index in [-0.39, 0.29) is 5.54 Å². The van der Waals surface area contributed by atoms with E-state index in [1.165, 1.54) is 18.4 Å². The fourth-order valence-electron chi connectivity index (χ4n) is 1.31. The highest BCUT2D eigenvalue weighted by Gasteiger charge is 2.08. The van der Waals surface area contributed by atoms with Crippen molar-refractivity contribution < 1.29 is 0 Å². The second kappa shape index (κ2) is 5.31. The monoisotopic (exact) mass is 209 g/mol. The summed E-state index contributed by atoms with van der Waals surface area (Å²) in [5.41, 5.74) is 1.44. The molecule has 0 saturated heterocycles. The second-order valence-corrected chi connectivity index (χ2v) is 5.07. The minimum Gasteiger partial charge on any atom is -0.308 e. The molecule has 0 unspecified atom stereocenters. The first-order valence-corrected chi connectivity index (χ1v) is 5.77. The summed E-state index contributed by atoms with van der Waals surface area (Å²) < 4.78 is 2.03. The Morgan fingerprint density at radius 1 is 1.40 bits per heavy atom. The first-order chi connectivity index (χ1) is 7.01. The lowest BCUT2D eigenvalue weighted by Crippen LogP contribution is -2.34. The molecule has 0 atom stereocenters. The average Bonchev–Trinajstić information content (AvgIpc) is 2.58. The third-order valence-electron chi connectivity index (χ3n) is 2.25. The topological polar surface area (TPSA) is 29.9 Å². The minimum absolute atomic E-state index is 0.172. The van der Waals surface area contributed by atoms with Crippen LogP contribution < -0.4 is 5.32 Å². The lowest BCUT2D eigenvalue weighted by molar-refractivity contribution is 0.424. The van der Waals surface area contributed by atoms with Gasteiger partial charge in [-0.3, -0.25) is 4.68 Å². The molecular formula is C12H23N3. The van der Waals surface area contributed by atoms with Crippen LogP contribution in [0.25, 0.3) is 0 Å². The van der Waals surface area contributed by atoms with Crippen molar-refractivity contribution in [2.75, 3.05) is 0 Å². The molecule has 0 bridgehead atoms. The van der Waals surface area contributed by atoms with E-state index >= 15 is 0 Å². The van der Waals surface area contributed by atoms with Crippen LogP contribution in [-0.2, 0) is 13.1 Å². The number of hydrogen-bond donors (Lipinski definition) is 1. The SMILES string of the molecule is CCCCn1cc(CNC(C)(C)C)cn1. The molecule has 0 saturated carbocycles. The van der Waals surface area contributed by atoms with Crippen LogP contribution in [0.5, 0.6) is 0 Å². The second-order valence-electron chi connectivity index (χ2n) is 5.07. The molecule has 0 fully saturated rings. The molecule has 1 rings (SSSR count). The largest absolute Gasteiger partial charge is 0.308 e. The van der Waals surface area contributed by atoms with Gasteiger partial charge in [0.15, 0.2) is 0 Å². The molecule has 0 amide bonds. The lowest BCUT2D eigenvalue weighted by Gasteiger charge is -2.19. The molecular weight excluding hydrogens is 186 g/mol. The molecule has 1 aromatic rings. The number of unbranched alkanes of at least 4 members (excludes halogenated alkanes) is 1.